The fraction of sp³-hybridized carbons (Fsp3) is 0.222. The first-order valence-electron chi connectivity index (χ1n) is 7.61. The molecule has 0 fully saturated rings. The molecule has 1 aliphatic heterocycles. The number of carbonyl (C=O) groups is 1. The molecule has 1 atom stereocenters. The first-order chi connectivity index (χ1) is 11.8. The summed E-state index contributed by atoms with van der Waals surface area (Å²) in [6, 6.07) is 13.4. The number of amides is 1. The molecule has 128 valence electrons. The Morgan fingerprint density at radius 2 is 1.88 bits per heavy atom. The zero-order chi connectivity index (χ0) is 18.2. The average molecular weight is 356 g/mol. The van der Waals surface area contributed by atoms with Crippen LogP contribution in [0.4, 0.5) is 5.69 Å². The van der Waals surface area contributed by atoms with E-state index >= 15 is 0 Å². The van der Waals surface area contributed by atoms with Gasteiger partial charge in [0.25, 0.3) is 5.91 Å². The van der Waals surface area contributed by atoms with Crippen LogP contribution in [0.25, 0.3) is 0 Å². The van der Waals surface area contributed by atoms with Crippen molar-refractivity contribution in [1.82, 2.24) is 0 Å². The van der Waals surface area contributed by atoms with Gasteiger partial charge in [-0.25, -0.2) is 8.42 Å². The minimum absolute atomic E-state index is 0.213. The van der Waals surface area contributed by atoms with E-state index in [4.69, 9.17) is 10.00 Å². The minimum Gasteiger partial charge on any atom is -0.479 e. The second kappa shape index (κ2) is 6.22. The summed E-state index contributed by atoms with van der Waals surface area (Å²) in [5.74, 6) is 0.327. The SMILES string of the molecule is CC1Oc2ccc(C#N)cc2N(Cc2ccc(S(C)(=O)=O)cc2)C1=O. The molecule has 0 aromatic heterocycles. The molecule has 1 heterocycles. The monoisotopic (exact) mass is 356 g/mol. The van der Waals surface area contributed by atoms with Crippen LogP contribution in [-0.2, 0) is 21.2 Å². The number of sulfone groups is 1. The number of nitrogens with zero attached hydrogens (tertiary/aromatic N) is 2. The molecule has 0 spiro atoms. The highest BCUT2D eigenvalue weighted by Crippen LogP contribution is 2.35. The van der Waals surface area contributed by atoms with Gasteiger partial charge in [0.05, 0.1) is 28.8 Å². The summed E-state index contributed by atoms with van der Waals surface area (Å²) < 4.78 is 28.7. The predicted molar refractivity (Wildman–Crippen MR) is 92.0 cm³/mol. The van der Waals surface area contributed by atoms with Crippen LogP contribution in [-0.4, -0.2) is 26.7 Å². The van der Waals surface area contributed by atoms with Crippen LogP contribution in [0.15, 0.2) is 47.4 Å². The zero-order valence-corrected chi connectivity index (χ0v) is 14.6. The maximum Gasteiger partial charge on any atom is 0.268 e. The second-order valence-electron chi connectivity index (χ2n) is 5.89. The Bertz CT molecular complexity index is 975. The van der Waals surface area contributed by atoms with E-state index in [1.165, 1.54) is 12.1 Å². The number of fused-ring (bicyclic) bond motifs is 1. The smallest absolute Gasteiger partial charge is 0.268 e. The van der Waals surface area contributed by atoms with Crippen LogP contribution < -0.4 is 9.64 Å². The summed E-state index contributed by atoms with van der Waals surface area (Å²) in [4.78, 5) is 14.3. The maximum atomic E-state index is 12.5. The third-order valence-corrected chi connectivity index (χ3v) is 5.12. The molecule has 1 amide bonds. The molecule has 2 aromatic carbocycles. The van der Waals surface area contributed by atoms with Crippen LogP contribution in [0, 0.1) is 11.3 Å². The normalized spacial score (nSPS) is 16.8. The van der Waals surface area contributed by atoms with Crippen LogP contribution in [0.1, 0.15) is 18.1 Å². The standard InChI is InChI=1S/C18H16N2O4S/c1-12-18(21)20(16-9-14(10-19)5-8-17(16)24-12)11-13-3-6-15(7-4-13)25(2,22)23/h3-9,12H,11H2,1-2H3. The van der Waals surface area contributed by atoms with E-state index < -0.39 is 15.9 Å². The zero-order valence-electron chi connectivity index (χ0n) is 13.8. The average Bonchev–Trinajstić information content (AvgIpc) is 2.58. The van der Waals surface area contributed by atoms with E-state index in [9.17, 15) is 13.2 Å². The molecule has 0 saturated carbocycles. The first-order valence-corrected chi connectivity index (χ1v) is 9.50. The summed E-state index contributed by atoms with van der Waals surface area (Å²) in [5, 5.41) is 9.09. The van der Waals surface area contributed by atoms with Crippen molar-refractivity contribution in [3.63, 3.8) is 0 Å². The van der Waals surface area contributed by atoms with Crippen molar-refractivity contribution < 1.29 is 17.9 Å². The van der Waals surface area contributed by atoms with Crippen molar-refractivity contribution in [2.45, 2.75) is 24.5 Å². The largest absolute Gasteiger partial charge is 0.479 e. The quantitative estimate of drug-likeness (QED) is 0.842. The van der Waals surface area contributed by atoms with Gasteiger partial charge in [0.1, 0.15) is 5.75 Å². The Hall–Kier alpha value is -2.85. The lowest BCUT2D eigenvalue weighted by atomic mass is 10.1. The summed E-state index contributed by atoms with van der Waals surface area (Å²) in [7, 11) is -3.27. The molecule has 0 saturated heterocycles. The van der Waals surface area contributed by atoms with E-state index in [-0.39, 0.29) is 17.3 Å². The number of hydrogen-bond donors (Lipinski definition) is 0. The second-order valence-corrected chi connectivity index (χ2v) is 7.91. The van der Waals surface area contributed by atoms with E-state index in [0.717, 1.165) is 11.8 Å². The number of benzene rings is 2. The van der Waals surface area contributed by atoms with E-state index in [0.29, 0.717) is 17.0 Å². The Balaban J connectivity index is 1.96. The first kappa shape index (κ1) is 17.0. The Kier molecular flexibility index (Phi) is 4.23. The van der Waals surface area contributed by atoms with Crippen LogP contribution in [0.3, 0.4) is 0 Å². The van der Waals surface area contributed by atoms with Gasteiger partial charge in [0.15, 0.2) is 15.9 Å². The Morgan fingerprint density at radius 1 is 1.20 bits per heavy atom. The lowest BCUT2D eigenvalue weighted by molar-refractivity contribution is -0.125. The van der Waals surface area contributed by atoms with Crippen molar-refractivity contribution in [1.29, 1.82) is 5.26 Å². The Morgan fingerprint density at radius 3 is 2.48 bits per heavy atom. The molecule has 2 aromatic rings. The third-order valence-electron chi connectivity index (χ3n) is 3.99. The van der Waals surface area contributed by atoms with Crippen LogP contribution in [0.2, 0.25) is 0 Å². The van der Waals surface area contributed by atoms with Gasteiger partial charge >= 0.3 is 0 Å². The highest BCUT2D eigenvalue weighted by molar-refractivity contribution is 7.90. The molecular weight excluding hydrogens is 340 g/mol. The number of hydrogen-bond acceptors (Lipinski definition) is 5. The van der Waals surface area contributed by atoms with Gasteiger partial charge in [-0.05, 0) is 42.8 Å². The maximum absolute atomic E-state index is 12.5. The molecule has 0 radical (unpaired) electrons. The molecule has 1 unspecified atom stereocenters. The van der Waals surface area contributed by atoms with Crippen molar-refractivity contribution in [2.24, 2.45) is 0 Å². The fourth-order valence-electron chi connectivity index (χ4n) is 2.66. The number of anilines is 1. The van der Waals surface area contributed by atoms with Crippen molar-refractivity contribution in [3.05, 3.63) is 53.6 Å². The molecule has 25 heavy (non-hydrogen) atoms. The molecule has 1 aliphatic rings. The molecule has 6 nitrogen and oxygen atoms in total. The van der Waals surface area contributed by atoms with Crippen LogP contribution in [0.5, 0.6) is 5.75 Å². The van der Waals surface area contributed by atoms with E-state index in [1.54, 1.807) is 42.2 Å². The van der Waals surface area contributed by atoms with Gasteiger partial charge in [-0.2, -0.15) is 5.26 Å². The fourth-order valence-corrected chi connectivity index (χ4v) is 3.29. The van der Waals surface area contributed by atoms with Gasteiger partial charge in [-0.3, -0.25) is 4.79 Å². The van der Waals surface area contributed by atoms with Gasteiger partial charge in [0, 0.05) is 6.26 Å². The number of carbonyl (C=O) groups excluding carboxylic acids is 1. The van der Waals surface area contributed by atoms with E-state index in [2.05, 4.69) is 6.07 Å². The molecule has 3 rings (SSSR count). The summed E-state index contributed by atoms with van der Waals surface area (Å²) >= 11 is 0. The molecule has 0 N–H and O–H groups in total. The van der Waals surface area contributed by atoms with Crippen LogP contribution >= 0.6 is 0 Å². The summed E-state index contributed by atoms with van der Waals surface area (Å²) in [6.07, 6.45) is 0.519. The van der Waals surface area contributed by atoms with Gasteiger partial charge in [-0.1, -0.05) is 12.1 Å². The van der Waals surface area contributed by atoms with Gasteiger partial charge < -0.3 is 9.64 Å². The summed E-state index contributed by atoms with van der Waals surface area (Å²) in [5.41, 5.74) is 1.75. The molecular formula is C18H16N2O4S. The Labute approximate surface area is 146 Å². The van der Waals surface area contributed by atoms with Gasteiger partial charge in [-0.15, -0.1) is 0 Å². The highest BCUT2D eigenvalue weighted by Gasteiger charge is 2.31. The van der Waals surface area contributed by atoms with E-state index in [1.807, 2.05) is 0 Å². The number of rotatable bonds is 3. The van der Waals surface area contributed by atoms with Crippen molar-refractivity contribution in [3.8, 4) is 11.8 Å². The molecule has 0 aliphatic carbocycles. The third kappa shape index (κ3) is 3.35. The predicted octanol–water partition coefficient (Wildman–Crippen LogP) is 2.28. The summed E-state index contributed by atoms with van der Waals surface area (Å²) in [6.45, 7) is 1.93. The van der Waals surface area contributed by atoms with Crippen molar-refractivity contribution in [2.75, 3.05) is 11.2 Å². The van der Waals surface area contributed by atoms with Crippen molar-refractivity contribution >= 4 is 21.4 Å². The topological polar surface area (TPSA) is 87.5 Å². The highest BCUT2D eigenvalue weighted by atomic mass is 32.2. The minimum atomic E-state index is -3.27. The molecule has 0 bridgehead atoms. The number of nitriles is 1. The van der Waals surface area contributed by atoms with Gasteiger partial charge in [0.2, 0.25) is 0 Å². The number of ether oxygens (including phenoxy) is 1. The lowest BCUT2D eigenvalue weighted by Gasteiger charge is -2.33. The molecule has 7 heteroatoms. The lowest BCUT2D eigenvalue weighted by Crippen LogP contribution is -2.44.